The van der Waals surface area contributed by atoms with E-state index in [2.05, 4.69) is 25.5 Å². The van der Waals surface area contributed by atoms with Crippen LogP contribution in [-0.4, -0.2) is 60.2 Å². The second-order valence-corrected chi connectivity index (χ2v) is 6.21. The Bertz CT molecular complexity index is 793. The monoisotopic (exact) mass is 395 g/mol. The molecule has 0 atom stereocenters. The maximum atomic E-state index is 12.7. The first-order chi connectivity index (χ1) is 13.4. The molecule has 2 heterocycles. The summed E-state index contributed by atoms with van der Waals surface area (Å²) < 4.78 is 43.5. The molecule has 150 valence electrons. The number of ether oxygens (including phenoxy) is 1. The third-order valence-electron chi connectivity index (χ3n) is 4.18. The van der Waals surface area contributed by atoms with Gasteiger partial charge in [-0.25, -0.2) is 9.97 Å². The Morgan fingerprint density at radius 1 is 1.18 bits per heavy atom. The lowest BCUT2D eigenvalue weighted by Crippen LogP contribution is -2.39. The third-order valence-corrected chi connectivity index (χ3v) is 4.18. The molecule has 0 radical (unpaired) electrons. The molecule has 28 heavy (non-hydrogen) atoms. The lowest BCUT2D eigenvalue weighted by Gasteiger charge is -2.26. The van der Waals surface area contributed by atoms with Gasteiger partial charge in [-0.3, -0.25) is 9.69 Å². The quantitative estimate of drug-likeness (QED) is 0.783. The van der Waals surface area contributed by atoms with Crippen molar-refractivity contribution in [1.29, 1.82) is 0 Å². The number of hydrogen-bond donors (Lipinski definition) is 2. The molecule has 3 rings (SSSR count). The Morgan fingerprint density at radius 3 is 2.57 bits per heavy atom. The molecular weight excluding hydrogens is 375 g/mol. The molecule has 2 aromatic rings. The number of carbonyl (C=O) groups is 1. The van der Waals surface area contributed by atoms with E-state index in [0.29, 0.717) is 12.5 Å². The van der Waals surface area contributed by atoms with E-state index in [1.165, 1.54) is 24.5 Å². The first kappa shape index (κ1) is 20.0. The fourth-order valence-corrected chi connectivity index (χ4v) is 2.66. The van der Waals surface area contributed by atoms with Crippen LogP contribution in [0.1, 0.15) is 15.9 Å². The normalized spacial score (nSPS) is 15.2. The molecule has 1 amide bonds. The second kappa shape index (κ2) is 8.98. The molecule has 1 aliphatic heterocycles. The number of anilines is 2. The van der Waals surface area contributed by atoms with Gasteiger partial charge in [0.25, 0.3) is 5.91 Å². The van der Waals surface area contributed by atoms with Gasteiger partial charge in [0.15, 0.2) is 0 Å². The number of carbonyl (C=O) groups excluding carboxylic acids is 1. The predicted octanol–water partition coefficient (Wildman–Crippen LogP) is 2.49. The Kier molecular flexibility index (Phi) is 6.42. The van der Waals surface area contributed by atoms with Gasteiger partial charge >= 0.3 is 6.18 Å². The topological polar surface area (TPSA) is 79.4 Å². The van der Waals surface area contributed by atoms with Crippen LogP contribution in [0.2, 0.25) is 0 Å². The van der Waals surface area contributed by atoms with Crippen LogP contribution in [0, 0.1) is 0 Å². The maximum absolute atomic E-state index is 12.7. The van der Waals surface area contributed by atoms with Gasteiger partial charge in [-0.05, 0) is 18.2 Å². The minimum atomic E-state index is -4.47. The summed E-state index contributed by atoms with van der Waals surface area (Å²) >= 11 is 0. The van der Waals surface area contributed by atoms with Gasteiger partial charge in [-0.1, -0.05) is 6.07 Å². The summed E-state index contributed by atoms with van der Waals surface area (Å²) in [5.41, 5.74) is -0.634. The van der Waals surface area contributed by atoms with E-state index in [4.69, 9.17) is 4.74 Å². The zero-order valence-electron chi connectivity index (χ0n) is 15.0. The van der Waals surface area contributed by atoms with Crippen LogP contribution in [-0.2, 0) is 10.9 Å². The van der Waals surface area contributed by atoms with Crippen molar-refractivity contribution in [2.75, 3.05) is 50.0 Å². The average molecular weight is 395 g/mol. The van der Waals surface area contributed by atoms with Crippen molar-refractivity contribution >= 4 is 17.5 Å². The second-order valence-electron chi connectivity index (χ2n) is 6.21. The van der Waals surface area contributed by atoms with Crippen LogP contribution in [0.3, 0.4) is 0 Å². The fourth-order valence-electron chi connectivity index (χ4n) is 2.66. The number of benzene rings is 1. The number of nitrogens with one attached hydrogen (secondary N) is 2. The summed E-state index contributed by atoms with van der Waals surface area (Å²) in [6, 6.07) is 4.43. The predicted molar refractivity (Wildman–Crippen MR) is 97.2 cm³/mol. The number of halogens is 3. The van der Waals surface area contributed by atoms with Crippen molar-refractivity contribution in [2.24, 2.45) is 0 Å². The number of amides is 1. The van der Waals surface area contributed by atoms with Crippen molar-refractivity contribution in [3.8, 4) is 0 Å². The summed E-state index contributed by atoms with van der Waals surface area (Å²) in [5, 5.41) is 5.49. The SMILES string of the molecule is O=C(Nc1cccc(C(F)(F)F)c1)c1cnc(NCCN2CCOCC2)nc1. The van der Waals surface area contributed by atoms with E-state index in [1.807, 2.05) is 0 Å². The molecule has 1 aliphatic rings. The number of rotatable bonds is 6. The first-order valence-electron chi connectivity index (χ1n) is 8.76. The lowest BCUT2D eigenvalue weighted by atomic mass is 10.2. The third kappa shape index (κ3) is 5.64. The molecule has 1 fully saturated rings. The molecule has 10 heteroatoms. The summed E-state index contributed by atoms with van der Waals surface area (Å²) in [5.74, 6) is -0.205. The Labute approximate surface area is 159 Å². The van der Waals surface area contributed by atoms with Crippen molar-refractivity contribution < 1.29 is 22.7 Å². The van der Waals surface area contributed by atoms with Crippen molar-refractivity contribution in [2.45, 2.75) is 6.18 Å². The van der Waals surface area contributed by atoms with Gasteiger partial charge < -0.3 is 15.4 Å². The van der Waals surface area contributed by atoms with Gasteiger partial charge in [0.1, 0.15) is 0 Å². The van der Waals surface area contributed by atoms with E-state index in [1.54, 1.807) is 0 Å². The number of hydrogen-bond acceptors (Lipinski definition) is 6. The van der Waals surface area contributed by atoms with Crippen molar-refractivity contribution in [3.05, 3.63) is 47.8 Å². The van der Waals surface area contributed by atoms with Gasteiger partial charge in [0.05, 0.1) is 24.3 Å². The van der Waals surface area contributed by atoms with E-state index in [9.17, 15) is 18.0 Å². The van der Waals surface area contributed by atoms with E-state index < -0.39 is 17.6 Å². The zero-order valence-corrected chi connectivity index (χ0v) is 15.0. The highest BCUT2D eigenvalue weighted by Crippen LogP contribution is 2.30. The van der Waals surface area contributed by atoms with Crippen LogP contribution in [0.25, 0.3) is 0 Å². The highest BCUT2D eigenvalue weighted by atomic mass is 19.4. The van der Waals surface area contributed by atoms with Gasteiger partial charge in [-0.15, -0.1) is 0 Å². The first-order valence-corrected chi connectivity index (χ1v) is 8.76. The summed E-state index contributed by atoms with van der Waals surface area (Å²) in [6.45, 7) is 4.70. The van der Waals surface area contributed by atoms with Gasteiger partial charge in [0.2, 0.25) is 5.95 Å². The van der Waals surface area contributed by atoms with Crippen molar-refractivity contribution in [1.82, 2.24) is 14.9 Å². The molecule has 1 saturated heterocycles. The number of morpholine rings is 1. The van der Waals surface area contributed by atoms with Crippen LogP contribution in [0.15, 0.2) is 36.7 Å². The zero-order chi connectivity index (χ0) is 20.0. The maximum Gasteiger partial charge on any atom is 0.416 e. The molecular formula is C18H20F3N5O2. The molecule has 0 unspecified atom stereocenters. The largest absolute Gasteiger partial charge is 0.416 e. The summed E-state index contributed by atoms with van der Waals surface area (Å²) in [7, 11) is 0. The molecule has 0 saturated carbocycles. The summed E-state index contributed by atoms with van der Waals surface area (Å²) in [4.78, 5) is 22.6. The van der Waals surface area contributed by atoms with Crippen LogP contribution in [0.5, 0.6) is 0 Å². The van der Waals surface area contributed by atoms with Crippen LogP contribution >= 0.6 is 0 Å². The Balaban J connectivity index is 1.52. The van der Waals surface area contributed by atoms with Crippen LogP contribution < -0.4 is 10.6 Å². The lowest BCUT2D eigenvalue weighted by molar-refractivity contribution is -0.137. The minimum absolute atomic E-state index is 0.0486. The van der Waals surface area contributed by atoms with E-state index >= 15 is 0 Å². The van der Waals surface area contributed by atoms with Gasteiger partial charge in [-0.2, -0.15) is 13.2 Å². The minimum Gasteiger partial charge on any atom is -0.379 e. The highest BCUT2D eigenvalue weighted by molar-refractivity contribution is 6.03. The van der Waals surface area contributed by atoms with Crippen LogP contribution in [0.4, 0.5) is 24.8 Å². The van der Waals surface area contributed by atoms with Crippen molar-refractivity contribution in [3.63, 3.8) is 0 Å². The highest BCUT2D eigenvalue weighted by Gasteiger charge is 2.30. The Morgan fingerprint density at radius 2 is 1.89 bits per heavy atom. The smallest absolute Gasteiger partial charge is 0.379 e. The molecule has 0 aliphatic carbocycles. The number of aromatic nitrogens is 2. The van der Waals surface area contributed by atoms with E-state index in [-0.39, 0.29) is 11.3 Å². The summed E-state index contributed by atoms with van der Waals surface area (Å²) in [6.07, 6.45) is -1.82. The number of alkyl halides is 3. The molecule has 7 nitrogen and oxygen atoms in total. The standard InChI is InChI=1S/C18H20F3N5O2/c19-18(20,21)14-2-1-3-15(10-14)25-16(27)13-11-23-17(24-12-13)22-4-5-26-6-8-28-9-7-26/h1-3,10-12H,4-9H2,(H,25,27)(H,22,23,24). The molecule has 0 spiro atoms. The number of nitrogens with zero attached hydrogens (tertiary/aromatic N) is 3. The average Bonchev–Trinajstić information content (AvgIpc) is 2.69. The van der Waals surface area contributed by atoms with E-state index in [0.717, 1.165) is 45.0 Å². The molecule has 1 aromatic heterocycles. The fraction of sp³-hybridized carbons (Fsp3) is 0.389. The molecule has 1 aromatic carbocycles. The van der Waals surface area contributed by atoms with Gasteiger partial charge in [0, 0.05) is 44.3 Å². The Hall–Kier alpha value is -2.72. The molecule has 2 N–H and O–H groups in total. The molecule has 0 bridgehead atoms.